The van der Waals surface area contributed by atoms with E-state index in [2.05, 4.69) is 10.6 Å². The van der Waals surface area contributed by atoms with Gasteiger partial charge in [0.15, 0.2) is 17.9 Å². The first-order valence-corrected chi connectivity index (χ1v) is 9.15. The summed E-state index contributed by atoms with van der Waals surface area (Å²) in [5.74, 6) is -0.804. The Labute approximate surface area is 171 Å². The second-order valence-electron chi connectivity index (χ2n) is 6.70. The Kier molecular flexibility index (Phi) is 5.59. The number of carbonyl (C=O) groups is 3. The lowest BCUT2D eigenvalue weighted by Crippen LogP contribution is -2.44. The molecular formula is C18H20N5O5S+. The Morgan fingerprint density at radius 3 is 2.48 bits per heavy atom. The van der Waals surface area contributed by atoms with Gasteiger partial charge >= 0.3 is 11.3 Å². The van der Waals surface area contributed by atoms with E-state index >= 15 is 0 Å². The van der Waals surface area contributed by atoms with Crippen LogP contribution in [-0.2, 0) is 23.2 Å². The van der Waals surface area contributed by atoms with Crippen molar-refractivity contribution in [1.29, 1.82) is 0 Å². The van der Waals surface area contributed by atoms with Gasteiger partial charge in [-0.15, -0.1) is 0 Å². The third-order valence-corrected chi connectivity index (χ3v) is 5.22. The maximum Gasteiger partial charge on any atom is 0.431 e. The van der Waals surface area contributed by atoms with Gasteiger partial charge in [-0.3, -0.25) is 23.8 Å². The van der Waals surface area contributed by atoms with Crippen LogP contribution in [0.15, 0.2) is 33.6 Å². The summed E-state index contributed by atoms with van der Waals surface area (Å²) in [6, 6.07) is 5.60. The Balaban J connectivity index is 1.75. The number of thiocarbonyl (C=S) groups is 1. The van der Waals surface area contributed by atoms with E-state index in [4.69, 9.17) is 16.7 Å². The molecule has 1 saturated heterocycles. The molecule has 0 bridgehead atoms. The average molecular weight is 418 g/mol. The highest BCUT2D eigenvalue weighted by Gasteiger charge is 2.43. The van der Waals surface area contributed by atoms with Crippen molar-refractivity contribution in [1.82, 2.24) is 15.1 Å². The molecule has 3 rings (SSSR count). The average Bonchev–Trinajstić information content (AvgIpc) is 3.09. The first kappa shape index (κ1) is 20.4. The van der Waals surface area contributed by atoms with Crippen LogP contribution >= 0.6 is 12.2 Å². The number of aromatic amines is 1. The molecule has 0 saturated carbocycles. The molecular weight excluding hydrogens is 398 g/mol. The third-order valence-electron chi connectivity index (χ3n) is 4.71. The molecule has 1 atom stereocenters. The number of benzene rings is 1. The predicted molar refractivity (Wildman–Crippen MR) is 105 cm³/mol. The zero-order valence-corrected chi connectivity index (χ0v) is 16.9. The topological polar surface area (TPSA) is 120 Å². The quantitative estimate of drug-likeness (QED) is 0.383. The number of rotatable bonds is 6. The van der Waals surface area contributed by atoms with Gasteiger partial charge in [-0.25, -0.2) is 4.79 Å². The lowest BCUT2D eigenvalue weighted by molar-refractivity contribution is -0.746. The Hall–Kier alpha value is -3.34. The van der Waals surface area contributed by atoms with Crippen LogP contribution in [0.5, 0.6) is 0 Å². The number of anilines is 1. The minimum atomic E-state index is -0.849. The van der Waals surface area contributed by atoms with E-state index in [9.17, 15) is 19.2 Å². The van der Waals surface area contributed by atoms with E-state index in [0.29, 0.717) is 11.3 Å². The molecule has 2 heterocycles. The molecule has 1 aliphatic heterocycles. The van der Waals surface area contributed by atoms with Gasteiger partial charge in [0.05, 0.1) is 6.42 Å². The van der Waals surface area contributed by atoms with Crippen LogP contribution in [0.3, 0.4) is 0 Å². The Morgan fingerprint density at radius 1 is 1.28 bits per heavy atom. The molecule has 0 radical (unpaired) electrons. The maximum atomic E-state index is 12.6. The smallest absolute Gasteiger partial charge is 0.326 e. The largest absolute Gasteiger partial charge is 0.431 e. The van der Waals surface area contributed by atoms with Crippen LogP contribution in [0.2, 0.25) is 0 Å². The number of aryl methyl sites for hydroxylation is 1. The van der Waals surface area contributed by atoms with E-state index in [-0.39, 0.29) is 35.5 Å². The van der Waals surface area contributed by atoms with Crippen molar-refractivity contribution in [2.45, 2.75) is 25.9 Å². The number of hydrogen-bond acceptors (Lipinski definition) is 6. The van der Waals surface area contributed by atoms with Crippen LogP contribution < -0.4 is 15.6 Å². The fourth-order valence-electron chi connectivity index (χ4n) is 3.02. The zero-order valence-electron chi connectivity index (χ0n) is 16.1. The number of likely N-dealkylation sites (N-methyl/N-ethyl adjacent to an activating group) is 1. The Bertz CT molecular complexity index is 1040. The monoisotopic (exact) mass is 418 g/mol. The Morgan fingerprint density at radius 2 is 1.93 bits per heavy atom. The minimum absolute atomic E-state index is 0.0164. The number of carbonyl (C=O) groups excluding carboxylic acids is 3. The summed E-state index contributed by atoms with van der Waals surface area (Å²) in [7, 11) is 3.12. The molecule has 0 aliphatic carbocycles. The van der Waals surface area contributed by atoms with Crippen molar-refractivity contribution in [2.24, 2.45) is 7.05 Å². The van der Waals surface area contributed by atoms with Crippen molar-refractivity contribution in [3.8, 4) is 0 Å². The van der Waals surface area contributed by atoms with Crippen LogP contribution in [-0.4, -0.2) is 50.9 Å². The van der Waals surface area contributed by atoms with Crippen LogP contribution in [0.25, 0.3) is 0 Å². The molecule has 2 amide bonds. The normalized spacial score (nSPS) is 16.4. The number of aromatic nitrogens is 2. The maximum absolute atomic E-state index is 12.6. The minimum Gasteiger partial charge on any atom is -0.326 e. The summed E-state index contributed by atoms with van der Waals surface area (Å²) in [6.45, 7) is 1.47. The lowest BCUT2D eigenvalue weighted by atomic mass is 10.1. The molecule has 2 aromatic rings. The molecule has 0 spiro atoms. The van der Waals surface area contributed by atoms with E-state index in [1.807, 2.05) is 0 Å². The molecule has 1 aromatic carbocycles. The van der Waals surface area contributed by atoms with Crippen molar-refractivity contribution < 1.29 is 23.6 Å². The second-order valence-corrected chi connectivity index (χ2v) is 7.06. The highest BCUT2D eigenvalue weighted by Crippen LogP contribution is 2.21. The van der Waals surface area contributed by atoms with Crippen molar-refractivity contribution in [3.05, 3.63) is 45.9 Å². The number of nitrogens with one attached hydrogen (secondary N) is 2. The van der Waals surface area contributed by atoms with Crippen molar-refractivity contribution in [2.75, 3.05) is 12.4 Å². The molecule has 1 aromatic heterocycles. The molecule has 1 aliphatic rings. The lowest BCUT2D eigenvalue weighted by Gasteiger charge is -2.21. The predicted octanol–water partition coefficient (Wildman–Crippen LogP) is -0.0487. The van der Waals surface area contributed by atoms with Crippen LogP contribution in [0.4, 0.5) is 5.69 Å². The van der Waals surface area contributed by atoms with Crippen LogP contribution in [0.1, 0.15) is 29.4 Å². The highest BCUT2D eigenvalue weighted by molar-refractivity contribution is 7.80. The van der Waals surface area contributed by atoms with Gasteiger partial charge in [-0.2, -0.15) is 0 Å². The summed E-state index contributed by atoms with van der Waals surface area (Å²) < 4.78 is 6.12. The first-order valence-electron chi connectivity index (χ1n) is 8.74. The van der Waals surface area contributed by atoms with Gasteiger partial charge in [0.1, 0.15) is 12.6 Å². The summed E-state index contributed by atoms with van der Waals surface area (Å²) in [5.41, 5.74) is 0.725. The molecule has 11 heteroatoms. The van der Waals surface area contributed by atoms with E-state index in [1.54, 1.807) is 31.3 Å². The fourth-order valence-corrected chi connectivity index (χ4v) is 3.30. The van der Waals surface area contributed by atoms with Crippen LogP contribution in [0, 0.1) is 0 Å². The number of ketones is 1. The van der Waals surface area contributed by atoms with Gasteiger partial charge in [-0.05, 0) is 48.7 Å². The fraction of sp³-hybridized carbons (Fsp3) is 0.333. The van der Waals surface area contributed by atoms with E-state index < -0.39 is 17.6 Å². The highest BCUT2D eigenvalue weighted by atomic mass is 32.1. The zero-order chi connectivity index (χ0) is 21.3. The van der Waals surface area contributed by atoms with Gasteiger partial charge in [0.2, 0.25) is 5.91 Å². The summed E-state index contributed by atoms with van der Waals surface area (Å²) in [5, 5.41) is 5.33. The summed E-state index contributed by atoms with van der Waals surface area (Å²) in [4.78, 5) is 51.1. The standard InChI is InChI=1S/C18H19N5O5S/c1-10(24)11-4-6-12(7-5-11)19-15(25)8-13-16(26)21(2)18(29)23(13)9-14-17(27)28-20-22(14)3/h4-7,13H,8-9H2,1-3H3,(H-,19,20,24,25,27)/p+1. The number of H-pyrrole nitrogens is 1. The first-order chi connectivity index (χ1) is 13.7. The number of amides is 2. The molecule has 152 valence electrons. The molecule has 2 N–H and O–H groups in total. The number of nitrogens with zero attached hydrogens (tertiary/aromatic N) is 3. The molecule has 1 fully saturated rings. The van der Waals surface area contributed by atoms with E-state index in [0.717, 1.165) is 0 Å². The SMILES string of the molecule is CC(=O)c1ccc(NC(=O)CC2C(=O)N(C)C(=S)N2Cc2c(=O)o[nH][n+]2C)cc1. The van der Waals surface area contributed by atoms with Gasteiger partial charge in [-0.1, -0.05) is 4.68 Å². The summed E-state index contributed by atoms with van der Waals surface area (Å²) in [6.07, 6.45) is -0.156. The summed E-state index contributed by atoms with van der Waals surface area (Å²) >= 11 is 5.31. The number of Topliss-reactive ketones (excluding diaryl/α,β-unsaturated/α-hetero) is 1. The van der Waals surface area contributed by atoms with Crippen molar-refractivity contribution in [3.63, 3.8) is 0 Å². The second kappa shape index (κ2) is 7.95. The van der Waals surface area contributed by atoms with Gasteiger partial charge in [0.25, 0.3) is 5.91 Å². The molecule has 29 heavy (non-hydrogen) atoms. The van der Waals surface area contributed by atoms with Gasteiger partial charge < -0.3 is 10.2 Å². The molecule has 1 unspecified atom stereocenters. The molecule has 10 nitrogen and oxygen atoms in total. The van der Waals surface area contributed by atoms with E-state index in [1.165, 1.54) is 28.5 Å². The third kappa shape index (κ3) is 4.09. The number of hydrogen-bond donors (Lipinski definition) is 2. The van der Waals surface area contributed by atoms with Crippen molar-refractivity contribution >= 4 is 40.6 Å². The van der Waals surface area contributed by atoms with Gasteiger partial charge in [0, 0.05) is 18.3 Å².